The van der Waals surface area contributed by atoms with E-state index in [-0.39, 0.29) is 5.56 Å². The van der Waals surface area contributed by atoms with Gasteiger partial charge in [-0.1, -0.05) is 0 Å². The van der Waals surface area contributed by atoms with Gasteiger partial charge in [0.05, 0.1) is 5.56 Å². The molecule has 3 N–H and O–H groups in total. The van der Waals surface area contributed by atoms with Gasteiger partial charge in [-0.2, -0.15) is 0 Å². The van der Waals surface area contributed by atoms with Crippen LogP contribution in [-0.2, 0) is 4.79 Å². The van der Waals surface area contributed by atoms with E-state index < -0.39 is 29.4 Å². The summed E-state index contributed by atoms with van der Waals surface area (Å²) >= 11 is 0. The van der Waals surface area contributed by atoms with Crippen molar-refractivity contribution in [2.24, 2.45) is 5.73 Å². The number of hydrogen-bond donors (Lipinski definition) is 2. The van der Waals surface area contributed by atoms with Crippen LogP contribution >= 0.6 is 0 Å². The van der Waals surface area contributed by atoms with Crippen LogP contribution in [0, 0.1) is 5.82 Å². The Balaban J connectivity index is 2.28. The first kappa shape index (κ1) is 12.3. The zero-order chi connectivity index (χ0) is 13.3. The lowest BCUT2D eigenvalue weighted by Gasteiger charge is -2.22. The molecule has 96 valence electrons. The van der Waals surface area contributed by atoms with E-state index in [9.17, 15) is 19.1 Å². The Bertz CT molecular complexity index is 504. The molecule has 6 heteroatoms. The molecule has 0 spiro atoms. The van der Waals surface area contributed by atoms with Gasteiger partial charge in [0.15, 0.2) is 0 Å². The first-order valence-corrected chi connectivity index (χ1v) is 5.59. The van der Waals surface area contributed by atoms with Gasteiger partial charge in [0.2, 0.25) is 5.91 Å². The molecule has 1 aliphatic rings. The summed E-state index contributed by atoms with van der Waals surface area (Å²) in [5, 5.41) is 9.54. The molecule has 5 nitrogen and oxygen atoms in total. The third-order valence-corrected chi connectivity index (χ3v) is 3.03. The molecule has 0 saturated carbocycles. The maximum atomic E-state index is 12.8. The van der Waals surface area contributed by atoms with Gasteiger partial charge in [0.1, 0.15) is 17.6 Å². The smallest absolute Gasteiger partial charge is 0.258 e. The SMILES string of the molecule is NC(=O)C1CCCN1C(=O)c1ccc(F)cc1O. The number of carbonyl (C=O) groups excluding carboxylic acids is 2. The fourth-order valence-electron chi connectivity index (χ4n) is 2.15. The van der Waals surface area contributed by atoms with Gasteiger partial charge < -0.3 is 15.7 Å². The second-order valence-corrected chi connectivity index (χ2v) is 4.22. The number of primary amides is 1. The fraction of sp³-hybridized carbons (Fsp3) is 0.333. The fourth-order valence-corrected chi connectivity index (χ4v) is 2.15. The van der Waals surface area contributed by atoms with Crippen LogP contribution in [0.4, 0.5) is 4.39 Å². The summed E-state index contributed by atoms with van der Waals surface area (Å²) in [6, 6.07) is 2.50. The molecule has 0 radical (unpaired) electrons. The highest BCUT2D eigenvalue weighted by atomic mass is 19.1. The van der Waals surface area contributed by atoms with Crippen molar-refractivity contribution < 1.29 is 19.1 Å². The molecule has 18 heavy (non-hydrogen) atoms. The Morgan fingerprint density at radius 3 is 2.78 bits per heavy atom. The lowest BCUT2D eigenvalue weighted by molar-refractivity contribution is -0.121. The molecule has 1 fully saturated rings. The van der Waals surface area contributed by atoms with Crippen LogP contribution in [0.3, 0.4) is 0 Å². The molecule has 1 unspecified atom stereocenters. The highest BCUT2D eigenvalue weighted by Gasteiger charge is 2.34. The minimum Gasteiger partial charge on any atom is -0.507 e. The van der Waals surface area contributed by atoms with Crippen molar-refractivity contribution in [2.75, 3.05) is 6.54 Å². The summed E-state index contributed by atoms with van der Waals surface area (Å²) in [6.07, 6.45) is 1.20. The number of nitrogens with zero attached hydrogens (tertiary/aromatic N) is 1. The van der Waals surface area contributed by atoms with Gasteiger partial charge in [0.25, 0.3) is 5.91 Å². The number of halogens is 1. The Hall–Kier alpha value is -2.11. The zero-order valence-corrected chi connectivity index (χ0v) is 9.60. The Labute approximate surface area is 103 Å². The molecule has 0 bridgehead atoms. The van der Waals surface area contributed by atoms with E-state index in [2.05, 4.69) is 0 Å². The molecular weight excluding hydrogens is 239 g/mol. The number of nitrogens with two attached hydrogens (primary N) is 1. The minimum absolute atomic E-state index is 0.0236. The molecule has 2 amide bonds. The predicted octanol–water partition coefficient (Wildman–Crippen LogP) is 0.621. The quantitative estimate of drug-likeness (QED) is 0.809. The van der Waals surface area contributed by atoms with Gasteiger partial charge in [-0.3, -0.25) is 9.59 Å². The Kier molecular flexibility index (Phi) is 3.18. The van der Waals surface area contributed by atoms with Crippen molar-refractivity contribution in [2.45, 2.75) is 18.9 Å². The van der Waals surface area contributed by atoms with Gasteiger partial charge in [-0.25, -0.2) is 4.39 Å². The van der Waals surface area contributed by atoms with Gasteiger partial charge in [0, 0.05) is 12.6 Å². The van der Waals surface area contributed by atoms with Crippen LogP contribution in [0.25, 0.3) is 0 Å². The van der Waals surface area contributed by atoms with Crippen LogP contribution in [0.15, 0.2) is 18.2 Å². The van der Waals surface area contributed by atoms with Crippen LogP contribution in [0.5, 0.6) is 5.75 Å². The topological polar surface area (TPSA) is 83.6 Å². The van der Waals surface area contributed by atoms with E-state index in [0.717, 1.165) is 12.1 Å². The van der Waals surface area contributed by atoms with E-state index >= 15 is 0 Å². The molecule has 1 heterocycles. The summed E-state index contributed by atoms with van der Waals surface area (Å²) in [4.78, 5) is 24.6. The average molecular weight is 252 g/mol. The second kappa shape index (κ2) is 4.64. The first-order chi connectivity index (χ1) is 8.50. The van der Waals surface area contributed by atoms with Gasteiger partial charge in [-0.15, -0.1) is 0 Å². The maximum absolute atomic E-state index is 12.8. The average Bonchev–Trinajstić information content (AvgIpc) is 2.77. The van der Waals surface area contributed by atoms with Gasteiger partial charge in [-0.05, 0) is 25.0 Å². The maximum Gasteiger partial charge on any atom is 0.258 e. The summed E-state index contributed by atoms with van der Waals surface area (Å²) < 4.78 is 12.8. The molecular formula is C12H13FN2O3. The van der Waals surface area contributed by atoms with Crippen molar-refractivity contribution >= 4 is 11.8 Å². The van der Waals surface area contributed by atoms with Gasteiger partial charge >= 0.3 is 0 Å². The molecule has 1 aromatic rings. The zero-order valence-electron chi connectivity index (χ0n) is 9.60. The highest BCUT2D eigenvalue weighted by molar-refractivity contribution is 5.99. The van der Waals surface area contributed by atoms with Crippen LogP contribution in [-0.4, -0.2) is 34.4 Å². The van der Waals surface area contributed by atoms with Crippen LogP contribution in [0.1, 0.15) is 23.2 Å². The minimum atomic E-state index is -0.651. The van der Waals surface area contributed by atoms with Crippen molar-refractivity contribution in [3.63, 3.8) is 0 Å². The molecule has 2 rings (SSSR count). The Morgan fingerprint density at radius 2 is 2.17 bits per heavy atom. The largest absolute Gasteiger partial charge is 0.507 e. The highest BCUT2D eigenvalue weighted by Crippen LogP contribution is 2.24. The normalized spacial score (nSPS) is 18.9. The third kappa shape index (κ3) is 2.13. The molecule has 1 atom stereocenters. The lowest BCUT2D eigenvalue weighted by atomic mass is 10.1. The number of hydrogen-bond acceptors (Lipinski definition) is 3. The number of carbonyl (C=O) groups is 2. The first-order valence-electron chi connectivity index (χ1n) is 5.59. The molecule has 0 aromatic heterocycles. The third-order valence-electron chi connectivity index (χ3n) is 3.03. The van der Waals surface area contributed by atoms with E-state index in [0.29, 0.717) is 19.4 Å². The molecule has 1 saturated heterocycles. The second-order valence-electron chi connectivity index (χ2n) is 4.22. The van der Waals surface area contributed by atoms with E-state index in [1.807, 2.05) is 0 Å². The number of likely N-dealkylation sites (tertiary alicyclic amines) is 1. The lowest BCUT2D eigenvalue weighted by Crippen LogP contribution is -2.43. The van der Waals surface area contributed by atoms with E-state index in [1.54, 1.807) is 0 Å². The number of amides is 2. The van der Waals surface area contributed by atoms with E-state index in [1.165, 1.54) is 11.0 Å². The summed E-state index contributed by atoms with van der Waals surface area (Å²) in [5.74, 6) is -2.14. The molecule has 0 aliphatic carbocycles. The number of phenols is 1. The van der Waals surface area contributed by atoms with Crippen LogP contribution in [0.2, 0.25) is 0 Å². The number of phenolic OH excluding ortho intramolecular Hbond substituents is 1. The van der Waals surface area contributed by atoms with Crippen molar-refractivity contribution in [1.82, 2.24) is 4.90 Å². The molecule has 1 aromatic carbocycles. The summed E-state index contributed by atoms with van der Waals surface area (Å²) in [6.45, 7) is 0.406. The number of rotatable bonds is 2. The summed E-state index contributed by atoms with van der Waals surface area (Å²) in [5.41, 5.74) is 5.19. The van der Waals surface area contributed by atoms with E-state index in [4.69, 9.17) is 5.73 Å². The predicted molar refractivity (Wildman–Crippen MR) is 61.3 cm³/mol. The monoisotopic (exact) mass is 252 g/mol. The van der Waals surface area contributed by atoms with Crippen LogP contribution < -0.4 is 5.73 Å². The standard InChI is InChI=1S/C12H13FN2O3/c13-7-3-4-8(10(16)6-7)12(18)15-5-1-2-9(15)11(14)17/h3-4,6,9,16H,1-2,5H2,(H2,14,17). The number of benzene rings is 1. The Morgan fingerprint density at radius 1 is 1.44 bits per heavy atom. The number of aromatic hydroxyl groups is 1. The van der Waals surface area contributed by atoms with Crippen molar-refractivity contribution in [3.8, 4) is 5.75 Å². The van der Waals surface area contributed by atoms with Crippen molar-refractivity contribution in [1.29, 1.82) is 0 Å². The summed E-state index contributed by atoms with van der Waals surface area (Å²) in [7, 11) is 0. The van der Waals surface area contributed by atoms with Crippen molar-refractivity contribution in [3.05, 3.63) is 29.6 Å². The molecule has 1 aliphatic heterocycles.